The Morgan fingerprint density at radius 2 is 0.537 bits per heavy atom. The van der Waals surface area contributed by atoms with E-state index >= 15 is 0 Å². The maximum atomic E-state index is 2.46. The number of hydrogen-bond donors (Lipinski definition) is 0. The van der Waals surface area contributed by atoms with Crippen LogP contribution >= 0.6 is 0 Å². The van der Waals surface area contributed by atoms with Gasteiger partial charge in [0, 0.05) is 34.1 Å². The second-order valence-corrected chi connectivity index (χ2v) is 17.7. The summed E-state index contributed by atoms with van der Waals surface area (Å²) in [7, 11) is 0. The zero-order chi connectivity index (χ0) is 44.3. The summed E-state index contributed by atoms with van der Waals surface area (Å²) < 4.78 is 0. The largest absolute Gasteiger partial charge is 0.310 e. The summed E-state index contributed by atoms with van der Waals surface area (Å²) in [6, 6.07) is 97.7. The first-order chi connectivity index (χ1) is 33.2. The summed E-state index contributed by atoms with van der Waals surface area (Å²) in [5.41, 5.74) is 21.7. The number of rotatable bonds is 8. The van der Waals surface area contributed by atoms with Gasteiger partial charge in [0.2, 0.25) is 0 Å². The number of fused-ring (bicyclic) bond motifs is 11. The van der Waals surface area contributed by atoms with Crippen LogP contribution in [0.4, 0.5) is 34.1 Å². The molecule has 67 heavy (non-hydrogen) atoms. The van der Waals surface area contributed by atoms with Crippen molar-refractivity contribution in [2.45, 2.75) is 5.41 Å². The zero-order valence-electron chi connectivity index (χ0n) is 36.8. The molecule has 0 atom stereocenters. The van der Waals surface area contributed by atoms with Crippen LogP contribution in [0.25, 0.3) is 55.3 Å². The Bertz CT molecular complexity index is 3550. The summed E-state index contributed by atoms with van der Waals surface area (Å²) in [5, 5.41) is 2.46. The SMILES string of the molecule is c1ccc(N(c2ccc(-c3ccc(-c4ccc(N(c5ccccc5)c5ccc6ccccc6c5)cc4)cc3)cc2)c2ccc3c(c2)C2(c4ccccc4-c4ccccc42)c2ccccc2-3)cc1. The van der Waals surface area contributed by atoms with Crippen molar-refractivity contribution in [2.75, 3.05) is 9.80 Å². The number of anilines is 6. The molecule has 0 unspecified atom stereocenters. The van der Waals surface area contributed by atoms with Gasteiger partial charge in [-0.15, -0.1) is 0 Å². The normalized spacial score (nSPS) is 12.6. The molecule has 0 amide bonds. The average Bonchev–Trinajstić information content (AvgIpc) is 3.87. The Labute approximate surface area is 391 Å². The molecular weight excluding hydrogens is 809 g/mol. The third kappa shape index (κ3) is 6.26. The van der Waals surface area contributed by atoms with Crippen molar-refractivity contribution in [3.8, 4) is 44.5 Å². The van der Waals surface area contributed by atoms with E-state index in [4.69, 9.17) is 0 Å². The van der Waals surface area contributed by atoms with E-state index in [1.165, 1.54) is 77.5 Å². The zero-order valence-corrected chi connectivity index (χ0v) is 36.8. The van der Waals surface area contributed by atoms with Gasteiger partial charge < -0.3 is 9.80 Å². The average molecular weight is 853 g/mol. The molecule has 1 spiro atoms. The topological polar surface area (TPSA) is 6.48 Å². The van der Waals surface area contributed by atoms with Crippen LogP contribution in [0, 0.1) is 0 Å². The molecule has 0 saturated heterocycles. The van der Waals surface area contributed by atoms with Crippen molar-refractivity contribution < 1.29 is 0 Å². The molecule has 0 aliphatic heterocycles. The van der Waals surface area contributed by atoms with Gasteiger partial charge in [0.1, 0.15) is 0 Å². The molecule has 2 nitrogen and oxygen atoms in total. The van der Waals surface area contributed by atoms with Crippen molar-refractivity contribution in [1.82, 2.24) is 0 Å². The van der Waals surface area contributed by atoms with Gasteiger partial charge in [-0.2, -0.15) is 0 Å². The number of nitrogens with zero attached hydrogens (tertiary/aromatic N) is 2. The van der Waals surface area contributed by atoms with Crippen molar-refractivity contribution in [1.29, 1.82) is 0 Å². The van der Waals surface area contributed by atoms with Crippen LogP contribution in [0.2, 0.25) is 0 Å². The first kappa shape index (κ1) is 38.7. The van der Waals surface area contributed by atoms with Gasteiger partial charge in [-0.3, -0.25) is 0 Å². The molecule has 0 N–H and O–H groups in total. The Morgan fingerprint density at radius 3 is 1.01 bits per heavy atom. The summed E-state index contributed by atoms with van der Waals surface area (Å²) in [6.45, 7) is 0. The van der Waals surface area contributed by atoms with Crippen LogP contribution < -0.4 is 9.80 Å². The molecule has 2 heteroatoms. The van der Waals surface area contributed by atoms with E-state index in [0.29, 0.717) is 0 Å². The fourth-order valence-corrected chi connectivity index (χ4v) is 11.0. The maximum Gasteiger partial charge on any atom is 0.0726 e. The second kappa shape index (κ2) is 15.8. The van der Waals surface area contributed by atoms with Gasteiger partial charge in [-0.05, 0) is 150 Å². The summed E-state index contributed by atoms with van der Waals surface area (Å²) in [5.74, 6) is 0. The molecule has 0 heterocycles. The maximum absolute atomic E-state index is 2.46. The van der Waals surface area contributed by atoms with Crippen molar-refractivity contribution in [3.05, 3.63) is 289 Å². The summed E-state index contributed by atoms with van der Waals surface area (Å²) in [4.78, 5) is 4.73. The highest BCUT2D eigenvalue weighted by Gasteiger charge is 2.51. The van der Waals surface area contributed by atoms with Gasteiger partial charge in [0.15, 0.2) is 0 Å². The van der Waals surface area contributed by atoms with E-state index in [2.05, 4.69) is 277 Å². The van der Waals surface area contributed by atoms with Crippen LogP contribution in [0.3, 0.4) is 0 Å². The van der Waals surface area contributed by atoms with Crippen LogP contribution in [0.15, 0.2) is 267 Å². The molecule has 2 aliphatic rings. The molecule has 0 bridgehead atoms. The van der Waals surface area contributed by atoms with E-state index in [0.717, 1.165) is 34.1 Å². The van der Waals surface area contributed by atoms with Gasteiger partial charge in [-0.25, -0.2) is 0 Å². The van der Waals surface area contributed by atoms with Crippen molar-refractivity contribution >= 4 is 44.9 Å². The highest BCUT2D eigenvalue weighted by Crippen LogP contribution is 2.63. The van der Waals surface area contributed by atoms with Gasteiger partial charge in [0.25, 0.3) is 0 Å². The molecular formula is C65H44N2. The lowest BCUT2D eigenvalue weighted by Gasteiger charge is -2.32. The molecule has 13 rings (SSSR count). The highest BCUT2D eigenvalue weighted by atomic mass is 15.1. The van der Waals surface area contributed by atoms with Gasteiger partial charge in [-0.1, -0.05) is 194 Å². The van der Waals surface area contributed by atoms with E-state index in [-0.39, 0.29) is 0 Å². The van der Waals surface area contributed by atoms with Crippen LogP contribution in [-0.2, 0) is 5.41 Å². The smallest absolute Gasteiger partial charge is 0.0726 e. The lowest BCUT2D eigenvalue weighted by Crippen LogP contribution is -2.26. The van der Waals surface area contributed by atoms with Crippen LogP contribution in [0.1, 0.15) is 22.3 Å². The van der Waals surface area contributed by atoms with Gasteiger partial charge >= 0.3 is 0 Å². The fraction of sp³-hybridized carbons (Fsp3) is 0.0154. The monoisotopic (exact) mass is 852 g/mol. The lowest BCUT2D eigenvalue weighted by atomic mass is 9.70. The summed E-state index contributed by atoms with van der Waals surface area (Å²) in [6.07, 6.45) is 0. The second-order valence-electron chi connectivity index (χ2n) is 17.7. The minimum absolute atomic E-state index is 0.407. The van der Waals surface area contributed by atoms with Crippen molar-refractivity contribution in [3.63, 3.8) is 0 Å². The Morgan fingerprint density at radius 1 is 0.209 bits per heavy atom. The quantitative estimate of drug-likeness (QED) is 0.150. The van der Waals surface area contributed by atoms with E-state index in [1.807, 2.05) is 0 Å². The summed E-state index contributed by atoms with van der Waals surface area (Å²) >= 11 is 0. The third-order valence-corrected chi connectivity index (χ3v) is 14.1. The fourth-order valence-electron chi connectivity index (χ4n) is 11.0. The number of para-hydroxylation sites is 2. The number of benzene rings is 11. The molecule has 11 aromatic rings. The molecule has 0 radical (unpaired) electrons. The van der Waals surface area contributed by atoms with Crippen molar-refractivity contribution in [2.24, 2.45) is 0 Å². The molecule has 0 aromatic heterocycles. The van der Waals surface area contributed by atoms with E-state index < -0.39 is 5.41 Å². The van der Waals surface area contributed by atoms with E-state index in [9.17, 15) is 0 Å². The highest BCUT2D eigenvalue weighted by molar-refractivity contribution is 5.96. The predicted molar refractivity (Wildman–Crippen MR) is 280 cm³/mol. The standard InChI is InChI=1S/C65H44N2/c1-3-17-51(18-4-1)66(55-40-35-45-15-7-8-16-50(45)43-55)53-36-31-48(32-37-53)46-27-29-47(30-28-46)49-33-38-54(39-34-49)67(52-19-5-2-6-20-52)56-41-42-60-59-23-11-14-26-63(59)65(64(60)44-56)61-24-12-9-21-57(61)58-22-10-13-25-62(58)65/h1-44H. The third-order valence-electron chi connectivity index (χ3n) is 14.1. The molecule has 0 fully saturated rings. The number of hydrogen-bond acceptors (Lipinski definition) is 2. The molecule has 0 saturated carbocycles. The Kier molecular flexibility index (Phi) is 9.11. The molecule has 314 valence electrons. The Balaban J connectivity index is 0.825. The molecule has 11 aromatic carbocycles. The first-order valence-electron chi connectivity index (χ1n) is 23.2. The minimum Gasteiger partial charge on any atom is -0.310 e. The first-order valence-corrected chi connectivity index (χ1v) is 23.2. The predicted octanol–water partition coefficient (Wildman–Crippen LogP) is 17.5. The minimum atomic E-state index is -0.407. The molecule has 2 aliphatic carbocycles. The van der Waals surface area contributed by atoms with Crippen LogP contribution in [0.5, 0.6) is 0 Å². The van der Waals surface area contributed by atoms with Gasteiger partial charge in [0.05, 0.1) is 5.41 Å². The van der Waals surface area contributed by atoms with E-state index in [1.54, 1.807) is 0 Å². The lowest BCUT2D eigenvalue weighted by molar-refractivity contribution is 0.793. The van der Waals surface area contributed by atoms with Crippen LogP contribution in [-0.4, -0.2) is 0 Å². The Hall–Kier alpha value is -8.72.